The summed E-state index contributed by atoms with van der Waals surface area (Å²) < 4.78 is 5.70. The molecule has 0 N–H and O–H groups in total. The first kappa shape index (κ1) is 16.8. The quantitative estimate of drug-likeness (QED) is 0.463. The normalized spacial score (nSPS) is 29.1. The highest BCUT2D eigenvalue weighted by molar-refractivity contribution is 6.06. The molecular weight excluding hydrogens is 330 g/mol. The summed E-state index contributed by atoms with van der Waals surface area (Å²) in [6.45, 7) is 2.44. The Balaban J connectivity index is 1.59. The number of fused-ring (bicyclic) bond motifs is 5. The Bertz CT molecular complexity index is 785. The molecule has 0 radical (unpaired) electrons. The van der Waals surface area contributed by atoms with Gasteiger partial charge in [0.15, 0.2) is 0 Å². The molecule has 3 aliphatic rings. The predicted octanol–water partition coefficient (Wildman–Crippen LogP) is 2.29. The molecule has 6 nitrogen and oxygen atoms in total. The highest BCUT2D eigenvalue weighted by Crippen LogP contribution is 2.52. The van der Waals surface area contributed by atoms with Gasteiger partial charge >= 0.3 is 0 Å². The number of imide groups is 1. The molecule has 2 bridgehead atoms. The van der Waals surface area contributed by atoms with E-state index in [1.165, 1.54) is 0 Å². The highest BCUT2D eigenvalue weighted by atomic mass is 16.5. The molecule has 0 spiro atoms. The minimum Gasteiger partial charge on any atom is -0.493 e. The van der Waals surface area contributed by atoms with Gasteiger partial charge in [0, 0.05) is 31.4 Å². The van der Waals surface area contributed by atoms with E-state index in [-0.39, 0.29) is 35.5 Å². The minimum atomic E-state index is -0.225. The van der Waals surface area contributed by atoms with Crippen molar-refractivity contribution in [1.82, 2.24) is 5.01 Å². The molecule has 26 heavy (non-hydrogen) atoms. The van der Waals surface area contributed by atoms with Gasteiger partial charge in [0.1, 0.15) is 5.75 Å². The maximum absolute atomic E-state index is 12.7. The Hall–Kier alpha value is -2.63. The standard InChI is InChI=1S/C20H23N3O3/c1-4-26-16-10-15(22(2)3)8-7-14(16)11-21-23-19(24)17-12-5-6-13(9-12)18(17)20(23)25/h5-8,10-13,17-18H,4,9H2,1-3H3/t12-,13-,17-,18+/m0/s1. The molecule has 1 heterocycles. The maximum Gasteiger partial charge on any atom is 0.254 e. The number of hydrogen-bond acceptors (Lipinski definition) is 5. The summed E-state index contributed by atoms with van der Waals surface area (Å²) in [4.78, 5) is 27.4. The van der Waals surface area contributed by atoms with Crippen molar-refractivity contribution in [2.45, 2.75) is 13.3 Å². The third kappa shape index (κ3) is 2.52. The van der Waals surface area contributed by atoms with Crippen LogP contribution in [0.4, 0.5) is 5.69 Å². The number of hydrazone groups is 1. The van der Waals surface area contributed by atoms with E-state index >= 15 is 0 Å². The fourth-order valence-electron chi connectivity index (χ4n) is 4.31. The van der Waals surface area contributed by atoms with Gasteiger partial charge in [0.05, 0.1) is 24.7 Å². The first-order valence-corrected chi connectivity index (χ1v) is 9.05. The number of nitrogens with zero attached hydrogens (tertiary/aromatic N) is 3. The third-order valence-electron chi connectivity index (χ3n) is 5.57. The molecule has 6 heteroatoms. The number of allylic oxidation sites excluding steroid dienone is 2. The lowest BCUT2D eigenvalue weighted by Gasteiger charge is -2.16. The summed E-state index contributed by atoms with van der Waals surface area (Å²) in [6, 6.07) is 5.77. The van der Waals surface area contributed by atoms with Crippen LogP contribution >= 0.6 is 0 Å². The molecule has 2 amide bonds. The van der Waals surface area contributed by atoms with Crippen molar-refractivity contribution in [3.05, 3.63) is 35.9 Å². The third-order valence-corrected chi connectivity index (χ3v) is 5.57. The van der Waals surface area contributed by atoms with Crippen molar-refractivity contribution in [3.8, 4) is 5.75 Å². The average molecular weight is 353 g/mol. The van der Waals surface area contributed by atoms with E-state index in [1.54, 1.807) is 6.21 Å². The van der Waals surface area contributed by atoms with E-state index in [0.29, 0.717) is 12.4 Å². The number of amides is 2. The molecule has 1 aliphatic heterocycles. The van der Waals surface area contributed by atoms with Crippen LogP contribution in [0.3, 0.4) is 0 Å². The number of benzene rings is 1. The largest absolute Gasteiger partial charge is 0.493 e. The van der Waals surface area contributed by atoms with Gasteiger partial charge < -0.3 is 9.64 Å². The van der Waals surface area contributed by atoms with E-state index in [9.17, 15) is 9.59 Å². The molecular formula is C20H23N3O3. The van der Waals surface area contributed by atoms with Crippen LogP contribution in [0.25, 0.3) is 0 Å². The van der Waals surface area contributed by atoms with Gasteiger partial charge in [0.2, 0.25) is 0 Å². The number of anilines is 1. The van der Waals surface area contributed by atoms with Gasteiger partial charge in [-0.05, 0) is 37.3 Å². The van der Waals surface area contributed by atoms with Crippen molar-refractivity contribution in [2.24, 2.45) is 28.8 Å². The lowest BCUT2D eigenvalue weighted by atomic mass is 9.85. The van der Waals surface area contributed by atoms with Gasteiger partial charge in [0.25, 0.3) is 11.8 Å². The van der Waals surface area contributed by atoms with Crippen LogP contribution < -0.4 is 9.64 Å². The molecule has 136 valence electrons. The lowest BCUT2D eigenvalue weighted by molar-refractivity contribution is -0.140. The van der Waals surface area contributed by atoms with Crippen LogP contribution in [0.5, 0.6) is 5.75 Å². The monoisotopic (exact) mass is 353 g/mol. The maximum atomic E-state index is 12.7. The van der Waals surface area contributed by atoms with Crippen LogP contribution in [0.15, 0.2) is 35.5 Å². The molecule has 1 saturated carbocycles. The van der Waals surface area contributed by atoms with Gasteiger partial charge in [-0.15, -0.1) is 0 Å². The Morgan fingerprint density at radius 2 is 1.85 bits per heavy atom. The van der Waals surface area contributed by atoms with E-state index < -0.39 is 0 Å². The smallest absolute Gasteiger partial charge is 0.254 e. The van der Waals surface area contributed by atoms with Crippen LogP contribution in [-0.4, -0.2) is 43.7 Å². The average Bonchev–Trinajstić information content (AvgIpc) is 3.29. The Labute approximate surface area is 153 Å². The SMILES string of the molecule is CCOc1cc(N(C)C)ccc1C=NN1C(=O)[C@@H]2[C@H](C1=O)[C@H]1C=C[C@H]2C1. The fraction of sp³-hybridized carbons (Fsp3) is 0.450. The van der Waals surface area contributed by atoms with Crippen molar-refractivity contribution in [3.63, 3.8) is 0 Å². The van der Waals surface area contributed by atoms with Gasteiger partial charge in [-0.3, -0.25) is 9.59 Å². The highest BCUT2D eigenvalue weighted by Gasteiger charge is 2.59. The summed E-state index contributed by atoms with van der Waals surface area (Å²) in [5.74, 6) is 0.282. The van der Waals surface area contributed by atoms with Crippen molar-refractivity contribution < 1.29 is 14.3 Å². The lowest BCUT2D eigenvalue weighted by Crippen LogP contribution is -2.28. The second-order valence-corrected chi connectivity index (χ2v) is 7.28. The number of ether oxygens (including phenoxy) is 1. The van der Waals surface area contributed by atoms with Crippen molar-refractivity contribution in [1.29, 1.82) is 0 Å². The van der Waals surface area contributed by atoms with E-state index in [1.807, 2.05) is 44.1 Å². The van der Waals surface area contributed by atoms with Crippen molar-refractivity contribution >= 4 is 23.7 Å². The molecule has 1 aromatic carbocycles. The van der Waals surface area contributed by atoms with Crippen LogP contribution in [0.2, 0.25) is 0 Å². The first-order chi connectivity index (χ1) is 12.5. The molecule has 0 unspecified atom stereocenters. The molecule has 4 rings (SSSR count). The Morgan fingerprint density at radius 1 is 1.19 bits per heavy atom. The van der Waals surface area contributed by atoms with Gasteiger partial charge in [-0.1, -0.05) is 12.2 Å². The van der Waals surface area contributed by atoms with Crippen LogP contribution in [0.1, 0.15) is 18.9 Å². The second-order valence-electron chi connectivity index (χ2n) is 7.28. The van der Waals surface area contributed by atoms with E-state index in [0.717, 1.165) is 22.7 Å². The summed E-state index contributed by atoms with van der Waals surface area (Å²) in [5.41, 5.74) is 1.76. The summed E-state index contributed by atoms with van der Waals surface area (Å²) >= 11 is 0. The summed E-state index contributed by atoms with van der Waals surface area (Å²) in [5, 5.41) is 5.31. The van der Waals surface area contributed by atoms with E-state index in [2.05, 4.69) is 17.3 Å². The van der Waals surface area contributed by atoms with Gasteiger partial charge in [-0.2, -0.15) is 10.1 Å². The zero-order valence-corrected chi connectivity index (χ0v) is 15.3. The minimum absolute atomic E-state index is 0.170. The summed E-state index contributed by atoms with van der Waals surface area (Å²) in [7, 11) is 3.92. The number of carbonyl (C=O) groups is 2. The topological polar surface area (TPSA) is 62.2 Å². The molecule has 2 aliphatic carbocycles. The molecule has 2 fully saturated rings. The fourth-order valence-corrected chi connectivity index (χ4v) is 4.31. The molecule has 4 atom stereocenters. The zero-order valence-electron chi connectivity index (χ0n) is 15.3. The number of rotatable bonds is 5. The number of hydrogen-bond donors (Lipinski definition) is 0. The Morgan fingerprint density at radius 3 is 2.42 bits per heavy atom. The van der Waals surface area contributed by atoms with E-state index in [4.69, 9.17) is 4.74 Å². The van der Waals surface area contributed by atoms with Crippen LogP contribution in [0, 0.1) is 23.7 Å². The van der Waals surface area contributed by atoms with Gasteiger partial charge in [-0.25, -0.2) is 0 Å². The number of carbonyl (C=O) groups excluding carboxylic acids is 2. The molecule has 1 saturated heterocycles. The second kappa shape index (κ2) is 6.27. The summed E-state index contributed by atoms with van der Waals surface area (Å²) in [6.07, 6.45) is 6.64. The molecule has 0 aromatic heterocycles. The molecule has 1 aromatic rings. The zero-order chi connectivity index (χ0) is 18.4. The Kier molecular flexibility index (Phi) is 4.05. The first-order valence-electron chi connectivity index (χ1n) is 9.05. The van der Waals surface area contributed by atoms with Crippen LogP contribution in [-0.2, 0) is 9.59 Å². The van der Waals surface area contributed by atoms with Crippen molar-refractivity contribution in [2.75, 3.05) is 25.6 Å². The predicted molar refractivity (Wildman–Crippen MR) is 99.1 cm³/mol.